The van der Waals surface area contributed by atoms with Crippen LogP contribution in [0.4, 0.5) is 0 Å². The van der Waals surface area contributed by atoms with Crippen LogP contribution in [0.5, 0.6) is 11.5 Å². The van der Waals surface area contributed by atoms with Gasteiger partial charge in [-0.15, -0.1) is 0 Å². The van der Waals surface area contributed by atoms with E-state index >= 15 is 0 Å². The lowest BCUT2D eigenvalue weighted by Gasteiger charge is -2.16. The van der Waals surface area contributed by atoms with Gasteiger partial charge in [-0.25, -0.2) is 0 Å². The minimum absolute atomic E-state index is 0.244. The Bertz CT molecular complexity index is 543. The van der Waals surface area contributed by atoms with Crippen molar-refractivity contribution >= 4 is 0 Å². The minimum Gasteiger partial charge on any atom is -0.493 e. The summed E-state index contributed by atoms with van der Waals surface area (Å²) in [6.07, 6.45) is 1.73. The lowest BCUT2D eigenvalue weighted by molar-refractivity contribution is 0.347. The average molecular weight is 272 g/mol. The van der Waals surface area contributed by atoms with Crippen LogP contribution >= 0.6 is 0 Å². The maximum absolute atomic E-state index is 5.38. The number of pyridine rings is 1. The van der Waals surface area contributed by atoms with Crippen molar-refractivity contribution in [2.45, 2.75) is 19.5 Å². The van der Waals surface area contributed by atoms with Crippen molar-refractivity contribution in [2.24, 2.45) is 0 Å². The van der Waals surface area contributed by atoms with Crippen LogP contribution in [-0.2, 0) is 6.54 Å². The number of aromatic nitrogens is 1. The largest absolute Gasteiger partial charge is 0.493 e. The zero-order valence-corrected chi connectivity index (χ0v) is 12.1. The second kappa shape index (κ2) is 6.91. The number of rotatable bonds is 6. The zero-order valence-electron chi connectivity index (χ0n) is 12.1. The van der Waals surface area contributed by atoms with Crippen LogP contribution in [-0.4, -0.2) is 19.2 Å². The quantitative estimate of drug-likeness (QED) is 0.878. The van der Waals surface area contributed by atoms with Gasteiger partial charge in [-0.05, 0) is 12.5 Å². The van der Waals surface area contributed by atoms with Crippen LogP contribution in [0.3, 0.4) is 0 Å². The second-order valence-electron chi connectivity index (χ2n) is 4.51. The lowest BCUT2D eigenvalue weighted by atomic mass is 10.1. The molecular formula is C16H20N2O2. The highest BCUT2D eigenvalue weighted by atomic mass is 16.5. The van der Waals surface area contributed by atoms with Gasteiger partial charge in [0.25, 0.3) is 0 Å². The number of benzene rings is 1. The van der Waals surface area contributed by atoms with Crippen LogP contribution in [0.2, 0.25) is 0 Å². The van der Waals surface area contributed by atoms with Crippen molar-refractivity contribution in [3.8, 4) is 11.5 Å². The molecule has 1 atom stereocenters. The van der Waals surface area contributed by atoms with Crippen LogP contribution in [0.15, 0.2) is 42.6 Å². The molecule has 20 heavy (non-hydrogen) atoms. The summed E-state index contributed by atoms with van der Waals surface area (Å²) in [4.78, 5) is 4.36. The first kappa shape index (κ1) is 14.3. The Kier molecular flexibility index (Phi) is 4.96. The Morgan fingerprint density at radius 1 is 1.10 bits per heavy atom. The Balaban J connectivity index is 2.07. The molecule has 2 aromatic rings. The summed E-state index contributed by atoms with van der Waals surface area (Å²) in [5.74, 6) is 1.38. The van der Waals surface area contributed by atoms with E-state index in [1.165, 1.54) is 5.56 Å². The van der Waals surface area contributed by atoms with Gasteiger partial charge in [-0.3, -0.25) is 4.98 Å². The monoisotopic (exact) mass is 272 g/mol. The van der Waals surface area contributed by atoms with Gasteiger partial charge >= 0.3 is 0 Å². The minimum atomic E-state index is 0.244. The van der Waals surface area contributed by atoms with E-state index < -0.39 is 0 Å². The fraction of sp³-hybridized carbons (Fsp3) is 0.312. The molecule has 1 aromatic heterocycles. The maximum Gasteiger partial charge on any atom is 0.183 e. The highest BCUT2D eigenvalue weighted by molar-refractivity contribution is 5.42. The Hall–Kier alpha value is -2.07. The molecule has 4 nitrogen and oxygen atoms in total. The van der Waals surface area contributed by atoms with E-state index in [-0.39, 0.29) is 6.04 Å². The SMILES string of the molecule is COc1ccnc(CN[C@H](C)c2ccccc2)c1OC. The van der Waals surface area contributed by atoms with Gasteiger partial charge in [0.15, 0.2) is 11.5 Å². The predicted molar refractivity (Wildman–Crippen MR) is 79.0 cm³/mol. The maximum atomic E-state index is 5.38. The van der Waals surface area contributed by atoms with Gasteiger partial charge in [-0.1, -0.05) is 30.3 Å². The number of hydrogen-bond acceptors (Lipinski definition) is 4. The summed E-state index contributed by atoms with van der Waals surface area (Å²) < 4.78 is 10.7. The van der Waals surface area contributed by atoms with Crippen LogP contribution in [0.1, 0.15) is 24.2 Å². The number of nitrogens with one attached hydrogen (secondary N) is 1. The summed E-state index contributed by atoms with van der Waals surface area (Å²) in [5, 5.41) is 3.44. The molecule has 0 saturated carbocycles. The molecular weight excluding hydrogens is 252 g/mol. The molecule has 0 radical (unpaired) electrons. The highest BCUT2D eigenvalue weighted by Gasteiger charge is 2.12. The summed E-state index contributed by atoms with van der Waals surface area (Å²) in [5.41, 5.74) is 2.09. The molecule has 4 heteroatoms. The first-order chi connectivity index (χ1) is 9.76. The molecule has 0 amide bonds. The van der Waals surface area contributed by atoms with Crippen molar-refractivity contribution in [1.82, 2.24) is 10.3 Å². The van der Waals surface area contributed by atoms with Gasteiger partial charge < -0.3 is 14.8 Å². The molecule has 0 unspecified atom stereocenters. The molecule has 0 spiro atoms. The van der Waals surface area contributed by atoms with Crippen molar-refractivity contribution in [3.63, 3.8) is 0 Å². The van der Waals surface area contributed by atoms with Crippen LogP contribution in [0.25, 0.3) is 0 Å². The molecule has 0 aliphatic carbocycles. The van der Waals surface area contributed by atoms with Crippen molar-refractivity contribution in [1.29, 1.82) is 0 Å². The lowest BCUT2D eigenvalue weighted by Crippen LogP contribution is -2.19. The van der Waals surface area contributed by atoms with Gasteiger partial charge in [0.1, 0.15) is 0 Å². The van der Waals surface area contributed by atoms with Crippen molar-refractivity contribution in [3.05, 3.63) is 53.9 Å². The van der Waals surface area contributed by atoms with E-state index in [0.29, 0.717) is 18.0 Å². The Morgan fingerprint density at radius 3 is 2.50 bits per heavy atom. The van der Waals surface area contributed by atoms with Crippen LogP contribution in [0, 0.1) is 0 Å². The smallest absolute Gasteiger partial charge is 0.183 e. The predicted octanol–water partition coefficient (Wildman–Crippen LogP) is 2.95. The van der Waals surface area contributed by atoms with Crippen molar-refractivity contribution in [2.75, 3.05) is 14.2 Å². The van der Waals surface area contributed by atoms with Gasteiger partial charge in [0, 0.05) is 24.8 Å². The highest BCUT2D eigenvalue weighted by Crippen LogP contribution is 2.29. The van der Waals surface area contributed by atoms with E-state index in [9.17, 15) is 0 Å². The topological polar surface area (TPSA) is 43.4 Å². The van der Waals surface area contributed by atoms with E-state index in [4.69, 9.17) is 9.47 Å². The summed E-state index contributed by atoms with van der Waals surface area (Å²) in [6.45, 7) is 2.75. The normalized spacial score (nSPS) is 11.9. The van der Waals surface area contributed by atoms with Gasteiger partial charge in [0.05, 0.1) is 19.9 Å². The average Bonchev–Trinajstić information content (AvgIpc) is 2.52. The number of nitrogens with zero attached hydrogens (tertiary/aromatic N) is 1. The van der Waals surface area contributed by atoms with Gasteiger partial charge in [-0.2, -0.15) is 0 Å². The fourth-order valence-corrected chi connectivity index (χ4v) is 2.09. The molecule has 2 rings (SSSR count). The van der Waals surface area contributed by atoms with E-state index in [0.717, 1.165) is 5.69 Å². The molecule has 0 aliphatic heterocycles. The third-order valence-corrected chi connectivity index (χ3v) is 3.24. The first-order valence-electron chi connectivity index (χ1n) is 6.60. The van der Waals surface area contributed by atoms with E-state index in [1.54, 1.807) is 26.5 Å². The van der Waals surface area contributed by atoms with Crippen molar-refractivity contribution < 1.29 is 9.47 Å². The number of ether oxygens (including phenoxy) is 2. The number of hydrogen-bond donors (Lipinski definition) is 1. The summed E-state index contributed by atoms with van der Waals surface area (Å²) in [6, 6.07) is 12.3. The second-order valence-corrected chi connectivity index (χ2v) is 4.51. The third kappa shape index (κ3) is 3.27. The number of methoxy groups -OCH3 is 2. The van der Waals surface area contributed by atoms with E-state index in [2.05, 4.69) is 29.4 Å². The third-order valence-electron chi connectivity index (χ3n) is 3.24. The fourth-order valence-electron chi connectivity index (χ4n) is 2.09. The zero-order chi connectivity index (χ0) is 14.4. The Labute approximate surface area is 119 Å². The summed E-state index contributed by atoms with van der Waals surface area (Å²) in [7, 11) is 3.26. The molecule has 1 heterocycles. The molecule has 106 valence electrons. The standard InChI is InChI=1S/C16H20N2O2/c1-12(13-7-5-4-6-8-13)18-11-14-16(20-3)15(19-2)9-10-17-14/h4-10,12,18H,11H2,1-3H3/t12-/m1/s1. The van der Waals surface area contributed by atoms with Gasteiger partial charge in [0.2, 0.25) is 0 Å². The van der Waals surface area contributed by atoms with E-state index in [1.807, 2.05) is 18.2 Å². The van der Waals surface area contributed by atoms with Crippen LogP contribution < -0.4 is 14.8 Å². The first-order valence-corrected chi connectivity index (χ1v) is 6.60. The Morgan fingerprint density at radius 2 is 1.85 bits per heavy atom. The molecule has 0 bridgehead atoms. The molecule has 1 aromatic carbocycles. The summed E-state index contributed by atoms with van der Waals surface area (Å²) >= 11 is 0. The molecule has 1 N–H and O–H groups in total. The molecule has 0 saturated heterocycles. The molecule has 0 aliphatic rings. The molecule has 0 fully saturated rings.